The zero-order valence-corrected chi connectivity index (χ0v) is 15.0. The Hall–Kier alpha value is -2.77. The molecule has 2 heterocycles. The quantitative estimate of drug-likeness (QED) is 0.913. The van der Waals surface area contributed by atoms with Gasteiger partial charge in [-0.15, -0.1) is 0 Å². The van der Waals surface area contributed by atoms with Crippen molar-refractivity contribution >= 4 is 17.5 Å². The van der Waals surface area contributed by atoms with Crippen LogP contribution < -0.4 is 10.2 Å². The van der Waals surface area contributed by atoms with Gasteiger partial charge >= 0.3 is 6.03 Å². The lowest BCUT2D eigenvalue weighted by Gasteiger charge is -2.31. The maximum atomic E-state index is 13.8. The molecule has 8 heteroatoms. The predicted molar refractivity (Wildman–Crippen MR) is 95.2 cm³/mol. The van der Waals surface area contributed by atoms with Crippen molar-refractivity contribution in [3.05, 3.63) is 46.9 Å². The Labute approximate surface area is 150 Å². The standard InChI is InChI=1S/C18H21F2N5O/c1-4-24(3)17-13-10-25(8-7-15(13)21-11(2)22-17)18(26)23-16-6-5-12(19)9-14(16)20/h5-6,9H,4,7-8,10H2,1-3H3,(H,23,26). The summed E-state index contributed by atoms with van der Waals surface area (Å²) in [4.78, 5) is 25.1. The van der Waals surface area contributed by atoms with Gasteiger partial charge in [0.05, 0.1) is 17.9 Å². The highest BCUT2D eigenvalue weighted by molar-refractivity contribution is 5.89. The molecule has 1 aliphatic heterocycles. The zero-order valence-electron chi connectivity index (χ0n) is 15.0. The van der Waals surface area contributed by atoms with E-state index in [1.807, 2.05) is 25.8 Å². The van der Waals surface area contributed by atoms with Gasteiger partial charge in [0.1, 0.15) is 23.3 Å². The summed E-state index contributed by atoms with van der Waals surface area (Å²) in [5.74, 6) is 0.0130. The third-order valence-corrected chi connectivity index (χ3v) is 4.45. The van der Waals surface area contributed by atoms with Gasteiger partial charge in [0.25, 0.3) is 0 Å². The van der Waals surface area contributed by atoms with Crippen LogP contribution in [-0.2, 0) is 13.0 Å². The van der Waals surface area contributed by atoms with E-state index >= 15 is 0 Å². The Morgan fingerprint density at radius 3 is 2.81 bits per heavy atom. The fraction of sp³-hybridized carbons (Fsp3) is 0.389. The van der Waals surface area contributed by atoms with Crippen LogP contribution in [0.15, 0.2) is 18.2 Å². The van der Waals surface area contributed by atoms with Crippen LogP contribution in [0.3, 0.4) is 0 Å². The van der Waals surface area contributed by atoms with Gasteiger partial charge in [0, 0.05) is 38.2 Å². The molecule has 0 spiro atoms. The number of hydrogen-bond acceptors (Lipinski definition) is 4. The Bertz CT molecular complexity index is 843. The molecule has 2 aromatic rings. The van der Waals surface area contributed by atoms with E-state index in [1.54, 1.807) is 4.90 Å². The van der Waals surface area contributed by atoms with Crippen LogP contribution in [0.2, 0.25) is 0 Å². The number of nitrogens with zero attached hydrogens (tertiary/aromatic N) is 4. The monoisotopic (exact) mass is 361 g/mol. The van der Waals surface area contributed by atoms with E-state index in [-0.39, 0.29) is 5.69 Å². The largest absolute Gasteiger partial charge is 0.360 e. The van der Waals surface area contributed by atoms with Crippen LogP contribution in [0.4, 0.5) is 25.1 Å². The Morgan fingerprint density at radius 2 is 2.12 bits per heavy atom. The van der Waals surface area contributed by atoms with Crippen molar-refractivity contribution in [3.63, 3.8) is 0 Å². The van der Waals surface area contributed by atoms with Gasteiger partial charge < -0.3 is 15.1 Å². The van der Waals surface area contributed by atoms with Crippen molar-refractivity contribution in [2.24, 2.45) is 0 Å². The van der Waals surface area contributed by atoms with E-state index in [0.29, 0.717) is 25.3 Å². The smallest absolute Gasteiger partial charge is 0.322 e. The number of anilines is 2. The molecule has 2 amide bonds. The Morgan fingerprint density at radius 1 is 1.35 bits per heavy atom. The lowest BCUT2D eigenvalue weighted by atomic mass is 10.1. The first-order valence-corrected chi connectivity index (χ1v) is 8.47. The predicted octanol–water partition coefficient (Wildman–Crippen LogP) is 3.11. The molecule has 0 unspecified atom stereocenters. The summed E-state index contributed by atoms with van der Waals surface area (Å²) in [6.45, 7) is 5.45. The minimum absolute atomic E-state index is 0.0479. The minimum atomic E-state index is -0.805. The number of fused-ring (bicyclic) bond motifs is 1. The number of urea groups is 1. The second-order valence-corrected chi connectivity index (χ2v) is 6.26. The highest BCUT2D eigenvalue weighted by Gasteiger charge is 2.26. The summed E-state index contributed by atoms with van der Waals surface area (Å²) in [6, 6.07) is 2.62. The van der Waals surface area contributed by atoms with E-state index in [9.17, 15) is 13.6 Å². The number of aryl methyl sites for hydroxylation is 1. The molecule has 1 aromatic heterocycles. The summed E-state index contributed by atoms with van der Waals surface area (Å²) in [7, 11) is 1.94. The average molecular weight is 361 g/mol. The third kappa shape index (κ3) is 3.58. The Balaban J connectivity index is 1.82. The second kappa shape index (κ2) is 7.23. The van der Waals surface area contributed by atoms with E-state index in [4.69, 9.17) is 0 Å². The summed E-state index contributed by atoms with van der Waals surface area (Å²) in [5.41, 5.74) is 1.79. The first-order valence-electron chi connectivity index (χ1n) is 8.47. The fourth-order valence-corrected chi connectivity index (χ4v) is 2.94. The molecule has 138 valence electrons. The molecular weight excluding hydrogens is 340 g/mol. The molecule has 26 heavy (non-hydrogen) atoms. The maximum Gasteiger partial charge on any atom is 0.322 e. The molecule has 6 nitrogen and oxygen atoms in total. The summed E-state index contributed by atoms with van der Waals surface area (Å²) in [5, 5.41) is 2.50. The van der Waals surface area contributed by atoms with Crippen molar-refractivity contribution < 1.29 is 13.6 Å². The van der Waals surface area contributed by atoms with E-state index in [0.717, 1.165) is 35.8 Å². The van der Waals surface area contributed by atoms with Gasteiger partial charge in [-0.1, -0.05) is 0 Å². The van der Waals surface area contributed by atoms with Gasteiger partial charge in [0.2, 0.25) is 0 Å². The van der Waals surface area contributed by atoms with Crippen molar-refractivity contribution in [1.29, 1.82) is 0 Å². The zero-order chi connectivity index (χ0) is 18.8. The van der Waals surface area contributed by atoms with Gasteiger partial charge in [0.15, 0.2) is 0 Å². The number of carbonyl (C=O) groups is 1. The molecule has 0 radical (unpaired) electrons. The first-order chi connectivity index (χ1) is 12.4. The molecule has 0 fully saturated rings. The highest BCUT2D eigenvalue weighted by Crippen LogP contribution is 2.26. The van der Waals surface area contributed by atoms with Gasteiger partial charge in [-0.05, 0) is 26.0 Å². The lowest BCUT2D eigenvalue weighted by Crippen LogP contribution is -2.40. The van der Waals surface area contributed by atoms with Crippen LogP contribution in [0, 0.1) is 18.6 Å². The van der Waals surface area contributed by atoms with Gasteiger partial charge in [-0.25, -0.2) is 23.5 Å². The Kier molecular flexibility index (Phi) is 5.01. The third-order valence-electron chi connectivity index (χ3n) is 4.45. The van der Waals surface area contributed by atoms with E-state index < -0.39 is 17.7 Å². The second-order valence-electron chi connectivity index (χ2n) is 6.26. The van der Waals surface area contributed by atoms with Crippen molar-refractivity contribution in [2.45, 2.75) is 26.8 Å². The topological polar surface area (TPSA) is 61.4 Å². The number of amides is 2. The number of aromatic nitrogens is 2. The fourth-order valence-electron chi connectivity index (χ4n) is 2.94. The number of benzene rings is 1. The van der Waals surface area contributed by atoms with Gasteiger partial charge in [-0.2, -0.15) is 0 Å². The molecule has 1 N–H and O–H groups in total. The average Bonchev–Trinajstić information content (AvgIpc) is 2.62. The minimum Gasteiger partial charge on any atom is -0.360 e. The number of halogens is 2. The van der Waals surface area contributed by atoms with Crippen LogP contribution in [-0.4, -0.2) is 41.0 Å². The number of carbonyl (C=O) groups excluding carboxylic acids is 1. The number of nitrogens with one attached hydrogen (secondary N) is 1. The number of hydrogen-bond donors (Lipinski definition) is 1. The first kappa shape index (κ1) is 18.0. The molecule has 0 atom stereocenters. The maximum absolute atomic E-state index is 13.8. The highest BCUT2D eigenvalue weighted by atomic mass is 19.1. The summed E-state index contributed by atoms with van der Waals surface area (Å²) >= 11 is 0. The molecule has 3 rings (SSSR count). The lowest BCUT2D eigenvalue weighted by molar-refractivity contribution is 0.205. The van der Waals surface area contributed by atoms with Crippen molar-refractivity contribution in [2.75, 3.05) is 30.4 Å². The molecule has 1 aliphatic rings. The molecule has 1 aromatic carbocycles. The van der Waals surface area contributed by atoms with Crippen LogP contribution >= 0.6 is 0 Å². The van der Waals surface area contributed by atoms with Crippen LogP contribution in [0.25, 0.3) is 0 Å². The molecular formula is C18H21F2N5O. The van der Waals surface area contributed by atoms with Crippen molar-refractivity contribution in [1.82, 2.24) is 14.9 Å². The van der Waals surface area contributed by atoms with Crippen LogP contribution in [0.1, 0.15) is 24.0 Å². The van der Waals surface area contributed by atoms with E-state index in [2.05, 4.69) is 15.3 Å². The van der Waals surface area contributed by atoms with E-state index in [1.165, 1.54) is 6.07 Å². The van der Waals surface area contributed by atoms with Crippen LogP contribution in [0.5, 0.6) is 0 Å². The molecule has 0 saturated carbocycles. The number of rotatable bonds is 3. The SMILES string of the molecule is CCN(C)c1nc(C)nc2c1CN(C(=O)Nc1ccc(F)cc1F)CC2. The van der Waals surface area contributed by atoms with Gasteiger partial charge in [-0.3, -0.25) is 0 Å². The molecule has 0 bridgehead atoms. The molecule has 0 saturated heterocycles. The molecule has 0 aliphatic carbocycles. The summed E-state index contributed by atoms with van der Waals surface area (Å²) < 4.78 is 26.8. The normalized spacial score (nSPS) is 13.3. The summed E-state index contributed by atoms with van der Waals surface area (Å²) in [6.07, 6.45) is 0.600. The van der Waals surface area contributed by atoms with Crippen molar-refractivity contribution in [3.8, 4) is 0 Å².